The average Bonchev–Trinajstić information content (AvgIpc) is 3.38. The van der Waals surface area contributed by atoms with Crippen LogP contribution in [0.4, 0.5) is 5.69 Å². The Morgan fingerprint density at radius 1 is 1.08 bits per heavy atom. The Morgan fingerprint density at radius 2 is 1.88 bits per heavy atom. The van der Waals surface area contributed by atoms with Gasteiger partial charge < -0.3 is 14.2 Å². The van der Waals surface area contributed by atoms with Crippen LogP contribution in [-0.2, 0) is 11.2 Å². The van der Waals surface area contributed by atoms with Crippen molar-refractivity contribution in [1.82, 2.24) is 15.1 Å². The van der Waals surface area contributed by atoms with Crippen LogP contribution in [0.2, 0.25) is 0 Å². The van der Waals surface area contributed by atoms with Crippen LogP contribution in [0.1, 0.15) is 12.3 Å². The van der Waals surface area contributed by atoms with Crippen LogP contribution in [0.25, 0.3) is 11.5 Å². The molecule has 26 heavy (non-hydrogen) atoms. The first kappa shape index (κ1) is 16.8. The first-order chi connectivity index (χ1) is 12.8. The largest absolute Gasteiger partial charge is 0.421 e. The molecule has 4 rings (SSSR count). The van der Waals surface area contributed by atoms with Crippen LogP contribution < -0.4 is 4.90 Å². The summed E-state index contributed by atoms with van der Waals surface area (Å²) in [6.07, 6.45) is 0.880. The molecule has 1 fully saturated rings. The molecule has 0 saturated carbocycles. The highest BCUT2D eigenvalue weighted by Crippen LogP contribution is 2.21. The molecule has 1 amide bonds. The summed E-state index contributed by atoms with van der Waals surface area (Å²) in [6.45, 7) is 3.21. The predicted octanol–water partition coefficient (Wildman–Crippen LogP) is 3.08. The molecule has 0 aliphatic carbocycles. The molecule has 0 unspecified atom stereocenters. The van der Waals surface area contributed by atoms with Crippen molar-refractivity contribution in [2.24, 2.45) is 0 Å². The molecule has 3 aromatic rings. The van der Waals surface area contributed by atoms with Crippen molar-refractivity contribution in [3.8, 4) is 11.5 Å². The Balaban J connectivity index is 1.27. The highest BCUT2D eigenvalue weighted by atomic mass is 32.1. The van der Waals surface area contributed by atoms with E-state index in [1.807, 2.05) is 39.9 Å². The second-order valence-electron chi connectivity index (χ2n) is 6.22. The van der Waals surface area contributed by atoms with Crippen molar-refractivity contribution >= 4 is 22.9 Å². The molecule has 0 radical (unpaired) electrons. The quantitative estimate of drug-likeness (QED) is 0.693. The summed E-state index contributed by atoms with van der Waals surface area (Å²) in [5.41, 5.74) is 2.14. The van der Waals surface area contributed by atoms with E-state index in [1.165, 1.54) is 5.69 Å². The average molecular weight is 368 g/mol. The van der Waals surface area contributed by atoms with Gasteiger partial charge in [0, 0.05) is 55.7 Å². The lowest BCUT2D eigenvalue weighted by atomic mass is 10.2. The fourth-order valence-corrected chi connectivity index (χ4v) is 3.71. The molecule has 2 aromatic heterocycles. The highest BCUT2D eigenvalue weighted by molar-refractivity contribution is 7.08. The van der Waals surface area contributed by atoms with E-state index >= 15 is 0 Å². The van der Waals surface area contributed by atoms with E-state index in [2.05, 4.69) is 27.2 Å². The fourth-order valence-electron chi connectivity index (χ4n) is 3.08. The molecule has 0 spiro atoms. The van der Waals surface area contributed by atoms with Crippen LogP contribution in [0.3, 0.4) is 0 Å². The van der Waals surface area contributed by atoms with Gasteiger partial charge >= 0.3 is 0 Å². The lowest BCUT2D eigenvalue weighted by molar-refractivity contribution is -0.131. The minimum Gasteiger partial charge on any atom is -0.421 e. The number of amides is 1. The van der Waals surface area contributed by atoms with Gasteiger partial charge in [0.15, 0.2) is 0 Å². The zero-order valence-electron chi connectivity index (χ0n) is 14.4. The predicted molar refractivity (Wildman–Crippen MR) is 101 cm³/mol. The second kappa shape index (κ2) is 7.70. The molecule has 1 aromatic carbocycles. The molecular weight excluding hydrogens is 348 g/mol. The van der Waals surface area contributed by atoms with Gasteiger partial charge in [0.1, 0.15) is 0 Å². The van der Waals surface area contributed by atoms with Crippen molar-refractivity contribution in [3.05, 3.63) is 53.0 Å². The maximum atomic E-state index is 12.5. The minimum absolute atomic E-state index is 0.146. The van der Waals surface area contributed by atoms with E-state index in [1.54, 1.807) is 11.3 Å². The monoisotopic (exact) mass is 368 g/mol. The summed E-state index contributed by atoms with van der Waals surface area (Å²) in [5, 5.41) is 12.0. The summed E-state index contributed by atoms with van der Waals surface area (Å²) < 4.78 is 5.65. The molecule has 0 atom stereocenters. The van der Waals surface area contributed by atoms with Gasteiger partial charge in [-0.15, -0.1) is 10.2 Å². The first-order valence-electron chi connectivity index (χ1n) is 8.72. The zero-order chi connectivity index (χ0) is 17.8. The molecule has 3 heterocycles. The molecule has 134 valence electrons. The number of carbonyl (C=O) groups is 1. The SMILES string of the molecule is O=C(CCc1nnc(-c2ccsc2)o1)N1CCN(c2ccccc2)CC1. The van der Waals surface area contributed by atoms with Crippen LogP contribution in [0.5, 0.6) is 0 Å². The molecule has 7 heteroatoms. The number of piperazine rings is 1. The van der Waals surface area contributed by atoms with E-state index in [0.717, 1.165) is 31.7 Å². The number of carbonyl (C=O) groups excluding carboxylic acids is 1. The third kappa shape index (κ3) is 3.77. The fraction of sp³-hybridized carbons (Fsp3) is 0.316. The number of hydrogen-bond donors (Lipinski definition) is 0. The number of anilines is 1. The van der Waals surface area contributed by atoms with Gasteiger partial charge in [-0.1, -0.05) is 18.2 Å². The third-order valence-corrected chi connectivity index (χ3v) is 5.22. The Morgan fingerprint density at radius 3 is 2.62 bits per heavy atom. The van der Waals surface area contributed by atoms with Crippen molar-refractivity contribution in [1.29, 1.82) is 0 Å². The van der Waals surface area contributed by atoms with Gasteiger partial charge in [-0.2, -0.15) is 11.3 Å². The van der Waals surface area contributed by atoms with Gasteiger partial charge in [-0.25, -0.2) is 0 Å². The normalized spacial score (nSPS) is 14.6. The van der Waals surface area contributed by atoms with E-state index in [9.17, 15) is 4.79 Å². The number of rotatable bonds is 5. The van der Waals surface area contributed by atoms with Crippen LogP contribution in [0.15, 0.2) is 51.6 Å². The molecule has 0 N–H and O–H groups in total. The number of benzene rings is 1. The Bertz CT molecular complexity index is 840. The summed E-state index contributed by atoms with van der Waals surface area (Å²) >= 11 is 1.59. The molecule has 1 aliphatic rings. The number of aromatic nitrogens is 2. The highest BCUT2D eigenvalue weighted by Gasteiger charge is 2.21. The van der Waals surface area contributed by atoms with Gasteiger partial charge in [0.2, 0.25) is 17.7 Å². The van der Waals surface area contributed by atoms with Crippen LogP contribution in [-0.4, -0.2) is 47.2 Å². The van der Waals surface area contributed by atoms with Crippen molar-refractivity contribution in [2.45, 2.75) is 12.8 Å². The molecule has 6 nitrogen and oxygen atoms in total. The number of nitrogens with zero attached hydrogens (tertiary/aromatic N) is 4. The molecule has 1 aliphatic heterocycles. The Labute approximate surface area is 156 Å². The lowest BCUT2D eigenvalue weighted by Crippen LogP contribution is -2.48. The minimum atomic E-state index is 0.146. The number of hydrogen-bond acceptors (Lipinski definition) is 6. The van der Waals surface area contributed by atoms with Gasteiger partial charge in [0.05, 0.1) is 0 Å². The summed E-state index contributed by atoms with van der Waals surface area (Å²) in [7, 11) is 0. The standard InChI is InChI=1S/C19H20N4O2S/c24-18(7-6-17-20-21-19(25-17)15-8-13-26-14-15)23-11-9-22(10-12-23)16-4-2-1-3-5-16/h1-5,8,13-14H,6-7,9-12H2. The van der Waals surface area contributed by atoms with Gasteiger partial charge in [0.25, 0.3) is 0 Å². The summed E-state index contributed by atoms with van der Waals surface area (Å²) in [4.78, 5) is 16.7. The van der Waals surface area contributed by atoms with Gasteiger partial charge in [-0.05, 0) is 23.6 Å². The van der Waals surface area contributed by atoms with E-state index < -0.39 is 0 Å². The molecular formula is C19H20N4O2S. The number of aryl methyl sites for hydroxylation is 1. The van der Waals surface area contributed by atoms with E-state index in [-0.39, 0.29) is 5.91 Å². The number of para-hydroxylation sites is 1. The van der Waals surface area contributed by atoms with Crippen LogP contribution >= 0.6 is 11.3 Å². The van der Waals surface area contributed by atoms with Crippen molar-refractivity contribution in [3.63, 3.8) is 0 Å². The topological polar surface area (TPSA) is 62.5 Å². The third-order valence-electron chi connectivity index (χ3n) is 4.54. The van der Waals surface area contributed by atoms with E-state index in [0.29, 0.717) is 24.6 Å². The summed E-state index contributed by atoms with van der Waals surface area (Å²) in [6, 6.07) is 12.3. The molecule has 1 saturated heterocycles. The second-order valence-corrected chi connectivity index (χ2v) is 7.00. The van der Waals surface area contributed by atoms with Crippen molar-refractivity contribution < 1.29 is 9.21 Å². The molecule has 0 bridgehead atoms. The maximum absolute atomic E-state index is 12.5. The van der Waals surface area contributed by atoms with Crippen molar-refractivity contribution in [2.75, 3.05) is 31.1 Å². The van der Waals surface area contributed by atoms with Crippen LogP contribution in [0, 0.1) is 0 Å². The number of thiophene rings is 1. The smallest absolute Gasteiger partial charge is 0.248 e. The van der Waals surface area contributed by atoms with Gasteiger partial charge in [-0.3, -0.25) is 4.79 Å². The summed E-state index contributed by atoms with van der Waals surface area (Å²) in [5.74, 6) is 1.18. The Hall–Kier alpha value is -2.67. The Kier molecular flexibility index (Phi) is 4.97. The maximum Gasteiger partial charge on any atom is 0.248 e. The van der Waals surface area contributed by atoms with E-state index in [4.69, 9.17) is 4.42 Å². The first-order valence-corrected chi connectivity index (χ1v) is 9.66. The lowest BCUT2D eigenvalue weighted by Gasteiger charge is -2.36. The zero-order valence-corrected chi connectivity index (χ0v) is 15.2.